The Hall–Kier alpha value is -0.600. The summed E-state index contributed by atoms with van der Waals surface area (Å²) in [7, 11) is 0. The number of ether oxygens (including phenoxy) is 1. The molecule has 144 valence electrons. The minimum atomic E-state index is -0.443. The van der Waals surface area contributed by atoms with E-state index in [1.54, 1.807) is 11.3 Å². The van der Waals surface area contributed by atoms with E-state index in [-0.39, 0.29) is 30.7 Å². The molecule has 1 aromatic heterocycles. The van der Waals surface area contributed by atoms with Crippen LogP contribution < -0.4 is 16.0 Å². The molecule has 2 aliphatic rings. The molecule has 0 bridgehead atoms. The Morgan fingerprint density at radius 2 is 2.00 bits per heavy atom. The maximum Gasteiger partial charge on any atom is 0.227 e. The lowest BCUT2D eigenvalue weighted by Crippen LogP contribution is -2.49. The molecule has 3 heterocycles. The number of hydrogen-bond acceptors (Lipinski definition) is 6. The van der Waals surface area contributed by atoms with Crippen molar-refractivity contribution >= 4 is 47.2 Å². The predicted molar refractivity (Wildman–Crippen MR) is 106 cm³/mol. The van der Waals surface area contributed by atoms with E-state index in [1.807, 2.05) is 0 Å². The molecule has 1 amide bonds. The predicted octanol–water partition coefficient (Wildman–Crippen LogP) is 2.00. The zero-order valence-corrected chi connectivity index (χ0v) is 16.8. The van der Waals surface area contributed by atoms with Gasteiger partial charge in [0, 0.05) is 51.2 Å². The van der Waals surface area contributed by atoms with E-state index in [2.05, 4.69) is 20.6 Å². The third kappa shape index (κ3) is 5.44. The second-order valence-electron chi connectivity index (χ2n) is 6.42. The summed E-state index contributed by atoms with van der Waals surface area (Å²) in [6, 6.07) is 0. The Morgan fingerprint density at radius 1 is 1.32 bits per heavy atom. The van der Waals surface area contributed by atoms with E-state index < -0.39 is 5.41 Å². The highest BCUT2D eigenvalue weighted by molar-refractivity contribution is 7.13. The van der Waals surface area contributed by atoms with Crippen molar-refractivity contribution in [1.82, 2.24) is 10.3 Å². The third-order valence-corrected chi connectivity index (χ3v) is 5.86. The first-order chi connectivity index (χ1) is 11.2. The number of aromatic nitrogens is 1. The fraction of sp³-hybridized carbons (Fsp3) is 0.750. The average Bonchev–Trinajstić information content (AvgIpc) is 3.26. The molecule has 2 aliphatic heterocycles. The Kier molecular flexibility index (Phi) is 9.45. The van der Waals surface area contributed by atoms with Crippen molar-refractivity contribution in [3.63, 3.8) is 0 Å². The highest BCUT2D eigenvalue weighted by Crippen LogP contribution is 2.29. The first-order valence-electron chi connectivity index (χ1n) is 8.49. The molecule has 0 aliphatic carbocycles. The van der Waals surface area contributed by atoms with Crippen molar-refractivity contribution < 1.29 is 9.53 Å². The Bertz CT molecular complexity index is 532. The Morgan fingerprint density at radius 3 is 2.64 bits per heavy atom. The minimum Gasteiger partial charge on any atom is -0.381 e. The maximum atomic E-state index is 12.5. The van der Waals surface area contributed by atoms with E-state index in [9.17, 15) is 4.79 Å². The van der Waals surface area contributed by atoms with Gasteiger partial charge in [0.25, 0.3) is 0 Å². The molecular formula is C16H28Cl2N4O2S. The van der Waals surface area contributed by atoms with Crippen molar-refractivity contribution in [1.29, 1.82) is 0 Å². The number of anilines is 1. The van der Waals surface area contributed by atoms with Gasteiger partial charge < -0.3 is 20.7 Å². The van der Waals surface area contributed by atoms with Gasteiger partial charge in [0.1, 0.15) is 0 Å². The number of nitrogens with zero attached hydrogens (tertiary/aromatic N) is 2. The molecule has 0 spiro atoms. The maximum absolute atomic E-state index is 12.5. The summed E-state index contributed by atoms with van der Waals surface area (Å²) in [5.74, 6) is 0.0679. The molecule has 6 nitrogen and oxygen atoms in total. The Labute approximate surface area is 165 Å². The quantitative estimate of drug-likeness (QED) is 0.749. The number of thiazole rings is 1. The van der Waals surface area contributed by atoms with Gasteiger partial charge in [0.15, 0.2) is 5.13 Å². The largest absolute Gasteiger partial charge is 0.381 e. The molecule has 2 fully saturated rings. The first-order valence-corrected chi connectivity index (χ1v) is 9.37. The van der Waals surface area contributed by atoms with Gasteiger partial charge >= 0.3 is 0 Å². The van der Waals surface area contributed by atoms with Crippen LogP contribution in [0, 0.1) is 5.41 Å². The second-order valence-corrected chi connectivity index (χ2v) is 7.25. The highest BCUT2D eigenvalue weighted by atomic mass is 35.5. The van der Waals surface area contributed by atoms with Crippen LogP contribution in [0.4, 0.5) is 5.13 Å². The molecule has 0 saturated carbocycles. The van der Waals surface area contributed by atoms with E-state index in [4.69, 9.17) is 10.5 Å². The first kappa shape index (κ1) is 22.4. The number of hydrogen-bond donors (Lipinski definition) is 2. The van der Waals surface area contributed by atoms with Gasteiger partial charge in [-0.3, -0.25) is 4.79 Å². The zero-order valence-electron chi connectivity index (χ0n) is 14.4. The summed E-state index contributed by atoms with van der Waals surface area (Å²) in [5, 5.41) is 6.27. The van der Waals surface area contributed by atoms with Gasteiger partial charge in [-0.1, -0.05) is 0 Å². The van der Waals surface area contributed by atoms with Crippen LogP contribution in [0.15, 0.2) is 5.38 Å². The molecule has 3 N–H and O–H groups in total. The van der Waals surface area contributed by atoms with Gasteiger partial charge in [-0.2, -0.15) is 0 Å². The fourth-order valence-electron chi connectivity index (χ4n) is 3.24. The molecule has 0 atom stereocenters. The number of carbonyl (C=O) groups excluding carboxylic acids is 1. The molecule has 0 unspecified atom stereocenters. The van der Waals surface area contributed by atoms with Gasteiger partial charge in [-0.05, 0) is 25.7 Å². The summed E-state index contributed by atoms with van der Waals surface area (Å²) in [6.07, 6.45) is 4.72. The van der Waals surface area contributed by atoms with Crippen LogP contribution in [0.25, 0.3) is 0 Å². The lowest BCUT2D eigenvalue weighted by molar-refractivity contribution is -0.135. The zero-order chi connectivity index (χ0) is 16.1. The normalized spacial score (nSPS) is 19.0. The topological polar surface area (TPSA) is 80.5 Å². The number of carbonyl (C=O) groups is 1. The van der Waals surface area contributed by atoms with Crippen LogP contribution >= 0.6 is 36.2 Å². The minimum absolute atomic E-state index is 0. The number of halogens is 2. The number of rotatable bonds is 6. The molecule has 0 aromatic carbocycles. The highest BCUT2D eigenvalue weighted by Gasteiger charge is 2.38. The van der Waals surface area contributed by atoms with E-state index in [0.717, 1.165) is 30.3 Å². The standard InChI is InChI=1S/C16H26N4O2S.2ClH/c17-12-16(4-9-22-10-5-16)14(21)18-6-3-13-11-23-15(19-13)20-7-1-2-8-20;;/h11H,1-10,12,17H2,(H,18,21);2*1H. The van der Waals surface area contributed by atoms with Crippen LogP contribution in [0.3, 0.4) is 0 Å². The van der Waals surface area contributed by atoms with Gasteiger partial charge in [-0.15, -0.1) is 36.2 Å². The van der Waals surface area contributed by atoms with E-state index in [1.165, 1.54) is 12.8 Å². The van der Waals surface area contributed by atoms with Gasteiger partial charge in [-0.25, -0.2) is 4.98 Å². The van der Waals surface area contributed by atoms with Crippen LogP contribution in [-0.2, 0) is 16.0 Å². The third-order valence-electron chi connectivity index (χ3n) is 4.91. The monoisotopic (exact) mass is 410 g/mol. The van der Waals surface area contributed by atoms with Crippen LogP contribution in [0.5, 0.6) is 0 Å². The lowest BCUT2D eigenvalue weighted by atomic mass is 9.79. The fourth-order valence-corrected chi connectivity index (χ4v) is 4.16. The summed E-state index contributed by atoms with van der Waals surface area (Å²) in [4.78, 5) is 19.5. The summed E-state index contributed by atoms with van der Waals surface area (Å²) >= 11 is 1.70. The SMILES string of the molecule is Cl.Cl.NCC1(C(=O)NCCc2csc(N3CCCC3)n2)CCOCC1. The summed E-state index contributed by atoms with van der Waals surface area (Å²) in [6.45, 7) is 4.48. The van der Waals surface area contributed by atoms with Crippen LogP contribution in [0.2, 0.25) is 0 Å². The van der Waals surface area contributed by atoms with E-state index in [0.29, 0.717) is 39.1 Å². The molecule has 9 heteroatoms. The van der Waals surface area contributed by atoms with E-state index >= 15 is 0 Å². The molecular weight excluding hydrogens is 383 g/mol. The van der Waals surface area contributed by atoms with Crippen molar-refractivity contribution in [2.45, 2.75) is 32.1 Å². The van der Waals surface area contributed by atoms with Crippen LogP contribution in [-0.4, -0.2) is 50.3 Å². The van der Waals surface area contributed by atoms with Crippen molar-refractivity contribution in [2.75, 3.05) is 44.3 Å². The molecule has 0 radical (unpaired) electrons. The molecule has 3 rings (SSSR count). The lowest BCUT2D eigenvalue weighted by Gasteiger charge is -2.34. The summed E-state index contributed by atoms with van der Waals surface area (Å²) < 4.78 is 5.35. The number of amides is 1. The Balaban J connectivity index is 0.00000156. The molecule has 25 heavy (non-hydrogen) atoms. The number of nitrogens with one attached hydrogen (secondary N) is 1. The van der Waals surface area contributed by atoms with Crippen molar-refractivity contribution in [3.8, 4) is 0 Å². The average molecular weight is 411 g/mol. The second kappa shape index (κ2) is 10.5. The number of nitrogens with two attached hydrogens (primary N) is 1. The molecule has 1 aromatic rings. The summed E-state index contributed by atoms with van der Waals surface area (Å²) in [5.41, 5.74) is 6.48. The van der Waals surface area contributed by atoms with Gasteiger partial charge in [0.05, 0.1) is 11.1 Å². The van der Waals surface area contributed by atoms with Crippen molar-refractivity contribution in [2.24, 2.45) is 11.1 Å². The smallest absolute Gasteiger partial charge is 0.227 e. The van der Waals surface area contributed by atoms with Gasteiger partial charge in [0.2, 0.25) is 5.91 Å². The van der Waals surface area contributed by atoms with Crippen LogP contribution in [0.1, 0.15) is 31.4 Å². The molecule has 2 saturated heterocycles. The van der Waals surface area contributed by atoms with Crippen molar-refractivity contribution in [3.05, 3.63) is 11.1 Å².